The minimum Gasteiger partial charge on any atom is -0.346 e. The summed E-state index contributed by atoms with van der Waals surface area (Å²) < 4.78 is 36.4. The van der Waals surface area contributed by atoms with Gasteiger partial charge >= 0.3 is 6.18 Å². The molecule has 1 aliphatic heterocycles. The zero-order valence-electron chi connectivity index (χ0n) is 14.7. The standard InChI is InChI=1S/C18H21F3N4OS/c19-18(20,21)13-22-16(26)11-25-8-6-24(7-9-25)10-15-12-27-17(23-15)14-4-2-1-3-5-14/h1-5,12H,6-11,13H2,(H,22,26). The molecule has 0 aliphatic carbocycles. The first kappa shape index (κ1) is 19.8. The van der Waals surface area contributed by atoms with Gasteiger partial charge in [-0.25, -0.2) is 4.98 Å². The van der Waals surface area contributed by atoms with Gasteiger partial charge < -0.3 is 5.32 Å². The van der Waals surface area contributed by atoms with Gasteiger partial charge in [-0.2, -0.15) is 13.2 Å². The fourth-order valence-electron chi connectivity index (χ4n) is 2.89. The number of hydrogen-bond acceptors (Lipinski definition) is 5. The Morgan fingerprint density at radius 3 is 2.44 bits per heavy atom. The van der Waals surface area contributed by atoms with E-state index in [1.807, 2.05) is 40.5 Å². The van der Waals surface area contributed by atoms with Crippen LogP contribution in [0.2, 0.25) is 0 Å². The highest BCUT2D eigenvalue weighted by atomic mass is 32.1. The van der Waals surface area contributed by atoms with Crippen molar-refractivity contribution in [1.29, 1.82) is 0 Å². The highest BCUT2D eigenvalue weighted by molar-refractivity contribution is 7.13. The van der Waals surface area contributed by atoms with Gasteiger partial charge in [0, 0.05) is 43.7 Å². The minimum absolute atomic E-state index is 0.00121. The van der Waals surface area contributed by atoms with Gasteiger partial charge in [-0.15, -0.1) is 11.3 Å². The summed E-state index contributed by atoms with van der Waals surface area (Å²) in [4.78, 5) is 20.4. The predicted molar refractivity (Wildman–Crippen MR) is 98.3 cm³/mol. The van der Waals surface area contributed by atoms with Crippen molar-refractivity contribution in [1.82, 2.24) is 20.1 Å². The van der Waals surface area contributed by atoms with Crippen LogP contribution in [0.25, 0.3) is 10.6 Å². The maximum Gasteiger partial charge on any atom is 0.405 e. The Kier molecular flexibility index (Phi) is 6.46. The monoisotopic (exact) mass is 398 g/mol. The predicted octanol–water partition coefficient (Wildman–Crippen LogP) is 2.61. The number of carbonyl (C=O) groups excluding carboxylic acids is 1. The van der Waals surface area contributed by atoms with Crippen LogP contribution in [-0.2, 0) is 11.3 Å². The first-order valence-corrected chi connectivity index (χ1v) is 9.55. The van der Waals surface area contributed by atoms with Gasteiger partial charge in [-0.3, -0.25) is 14.6 Å². The SMILES string of the molecule is O=C(CN1CCN(Cc2csc(-c3ccccc3)n2)CC1)NCC(F)(F)F. The molecule has 2 aromatic rings. The molecule has 0 spiro atoms. The van der Waals surface area contributed by atoms with Crippen molar-refractivity contribution in [3.05, 3.63) is 41.4 Å². The Morgan fingerprint density at radius 1 is 1.11 bits per heavy atom. The number of aromatic nitrogens is 1. The number of hydrogen-bond donors (Lipinski definition) is 1. The van der Waals surface area contributed by atoms with Gasteiger partial charge in [0.2, 0.25) is 5.91 Å². The molecule has 0 saturated carbocycles. The lowest BCUT2D eigenvalue weighted by atomic mass is 10.2. The summed E-state index contributed by atoms with van der Waals surface area (Å²) in [6.07, 6.45) is -4.37. The number of halogens is 3. The van der Waals surface area contributed by atoms with Crippen LogP contribution in [-0.4, -0.2) is 66.1 Å². The third-order valence-corrected chi connectivity index (χ3v) is 5.22. The molecule has 146 valence electrons. The maximum atomic E-state index is 12.1. The van der Waals surface area contributed by atoms with Crippen LogP contribution in [0.5, 0.6) is 0 Å². The van der Waals surface area contributed by atoms with Crippen LogP contribution in [0.1, 0.15) is 5.69 Å². The smallest absolute Gasteiger partial charge is 0.346 e. The number of thiazole rings is 1. The molecule has 1 aromatic heterocycles. The fourth-order valence-corrected chi connectivity index (χ4v) is 3.70. The summed E-state index contributed by atoms with van der Waals surface area (Å²) in [5.74, 6) is -0.590. The second kappa shape index (κ2) is 8.81. The molecular weight excluding hydrogens is 377 g/mol. The molecule has 2 heterocycles. The van der Waals surface area contributed by atoms with Crippen LogP contribution in [0, 0.1) is 0 Å². The number of nitrogens with zero attached hydrogens (tertiary/aromatic N) is 3. The molecule has 0 unspecified atom stereocenters. The summed E-state index contributed by atoms with van der Waals surface area (Å²) >= 11 is 1.61. The summed E-state index contributed by atoms with van der Waals surface area (Å²) in [7, 11) is 0. The van der Waals surface area contributed by atoms with E-state index in [0.717, 1.165) is 35.9 Å². The average molecular weight is 398 g/mol. The molecule has 5 nitrogen and oxygen atoms in total. The van der Waals surface area contributed by atoms with Crippen LogP contribution in [0.4, 0.5) is 13.2 Å². The number of benzene rings is 1. The molecule has 1 amide bonds. The molecule has 0 bridgehead atoms. The lowest BCUT2D eigenvalue weighted by Gasteiger charge is -2.33. The summed E-state index contributed by atoms with van der Waals surface area (Å²) in [5.41, 5.74) is 2.11. The second-order valence-corrected chi connectivity index (χ2v) is 7.31. The van der Waals surface area contributed by atoms with Crippen molar-refractivity contribution < 1.29 is 18.0 Å². The molecule has 3 rings (SSSR count). The number of piperazine rings is 1. The van der Waals surface area contributed by atoms with E-state index in [4.69, 9.17) is 0 Å². The van der Waals surface area contributed by atoms with Crippen LogP contribution in [0.15, 0.2) is 35.7 Å². The van der Waals surface area contributed by atoms with E-state index in [9.17, 15) is 18.0 Å². The Bertz CT molecular complexity index is 743. The molecule has 27 heavy (non-hydrogen) atoms. The van der Waals surface area contributed by atoms with Crippen molar-refractivity contribution in [2.75, 3.05) is 39.3 Å². The highest BCUT2D eigenvalue weighted by Crippen LogP contribution is 2.24. The Balaban J connectivity index is 1.42. The van der Waals surface area contributed by atoms with Gasteiger partial charge in [0.15, 0.2) is 0 Å². The molecule has 1 N–H and O–H groups in total. The summed E-state index contributed by atoms with van der Waals surface area (Å²) in [5, 5.41) is 4.96. The molecule has 1 saturated heterocycles. The highest BCUT2D eigenvalue weighted by Gasteiger charge is 2.28. The van der Waals surface area contributed by atoms with Crippen molar-refractivity contribution >= 4 is 17.2 Å². The van der Waals surface area contributed by atoms with E-state index in [-0.39, 0.29) is 6.54 Å². The Morgan fingerprint density at radius 2 is 1.78 bits per heavy atom. The van der Waals surface area contributed by atoms with E-state index in [1.165, 1.54) is 0 Å². The third kappa shape index (κ3) is 6.30. The Hall–Kier alpha value is -1.97. The zero-order valence-corrected chi connectivity index (χ0v) is 15.5. The van der Waals surface area contributed by atoms with Gasteiger partial charge in [0.25, 0.3) is 0 Å². The van der Waals surface area contributed by atoms with Gasteiger partial charge in [-0.1, -0.05) is 30.3 Å². The molecule has 1 fully saturated rings. The van der Waals surface area contributed by atoms with Crippen LogP contribution < -0.4 is 5.32 Å². The van der Waals surface area contributed by atoms with Gasteiger partial charge in [0.1, 0.15) is 11.6 Å². The van der Waals surface area contributed by atoms with E-state index in [0.29, 0.717) is 13.1 Å². The first-order chi connectivity index (χ1) is 12.9. The van der Waals surface area contributed by atoms with Crippen molar-refractivity contribution in [3.63, 3.8) is 0 Å². The average Bonchev–Trinajstić information content (AvgIpc) is 3.10. The molecule has 1 aromatic carbocycles. The molecule has 0 atom stereocenters. The number of rotatable bonds is 6. The summed E-state index contributed by atoms with van der Waals surface area (Å²) in [6.45, 7) is 2.26. The fraction of sp³-hybridized carbons (Fsp3) is 0.444. The third-order valence-electron chi connectivity index (χ3n) is 4.28. The quantitative estimate of drug-likeness (QED) is 0.813. The lowest BCUT2D eigenvalue weighted by molar-refractivity contribution is -0.139. The van der Waals surface area contributed by atoms with E-state index in [2.05, 4.69) is 15.3 Å². The van der Waals surface area contributed by atoms with Crippen LogP contribution >= 0.6 is 11.3 Å². The van der Waals surface area contributed by atoms with E-state index in [1.54, 1.807) is 11.3 Å². The Labute approximate surface area is 159 Å². The lowest BCUT2D eigenvalue weighted by Crippen LogP contribution is -2.49. The largest absolute Gasteiger partial charge is 0.405 e. The second-order valence-electron chi connectivity index (χ2n) is 6.45. The van der Waals surface area contributed by atoms with E-state index >= 15 is 0 Å². The van der Waals surface area contributed by atoms with Crippen molar-refractivity contribution in [3.8, 4) is 10.6 Å². The van der Waals surface area contributed by atoms with Gasteiger partial charge in [0.05, 0.1) is 12.2 Å². The molecule has 0 radical (unpaired) electrons. The number of alkyl halides is 3. The molecule has 9 heteroatoms. The number of carbonyl (C=O) groups is 1. The topological polar surface area (TPSA) is 48.5 Å². The molecule has 1 aliphatic rings. The van der Waals surface area contributed by atoms with E-state index < -0.39 is 18.6 Å². The minimum atomic E-state index is -4.37. The number of nitrogens with one attached hydrogen (secondary N) is 1. The van der Waals surface area contributed by atoms with Crippen molar-refractivity contribution in [2.45, 2.75) is 12.7 Å². The maximum absolute atomic E-state index is 12.1. The number of amides is 1. The first-order valence-electron chi connectivity index (χ1n) is 8.67. The normalized spacial score (nSPS) is 16.4. The molecular formula is C18H21F3N4OS. The van der Waals surface area contributed by atoms with Gasteiger partial charge in [-0.05, 0) is 0 Å². The summed E-state index contributed by atoms with van der Waals surface area (Å²) in [6, 6.07) is 10.0. The zero-order chi connectivity index (χ0) is 19.3. The van der Waals surface area contributed by atoms with Crippen LogP contribution in [0.3, 0.4) is 0 Å². The van der Waals surface area contributed by atoms with Crippen molar-refractivity contribution in [2.24, 2.45) is 0 Å².